The zero-order chi connectivity index (χ0) is 14.9. The van der Waals surface area contributed by atoms with Crippen LogP contribution in [0, 0.1) is 6.92 Å². The number of hydrogen-bond donors (Lipinski definition) is 1. The molecule has 1 aromatic rings. The lowest BCUT2D eigenvalue weighted by atomic mass is 10.1. The van der Waals surface area contributed by atoms with Crippen molar-refractivity contribution in [2.45, 2.75) is 46.3 Å². The smallest absolute Gasteiger partial charge is 0.410 e. The van der Waals surface area contributed by atoms with Crippen LogP contribution in [-0.2, 0) is 17.7 Å². The molecule has 0 bridgehead atoms. The third kappa shape index (κ3) is 3.18. The van der Waals surface area contributed by atoms with Gasteiger partial charge in [0.15, 0.2) is 0 Å². The topological polar surface area (TPSA) is 67.4 Å². The average molecular weight is 278 g/mol. The molecule has 2 rings (SSSR count). The van der Waals surface area contributed by atoms with E-state index in [9.17, 15) is 4.79 Å². The normalized spacial score (nSPS) is 14.8. The molecule has 1 aliphatic heterocycles. The van der Waals surface area contributed by atoms with Gasteiger partial charge in [0.25, 0.3) is 0 Å². The highest BCUT2D eigenvalue weighted by Crippen LogP contribution is 2.24. The lowest BCUT2D eigenvalue weighted by Gasteiger charge is -2.31. The Morgan fingerprint density at radius 3 is 2.65 bits per heavy atom. The molecule has 0 saturated heterocycles. The van der Waals surface area contributed by atoms with Gasteiger partial charge in [0.05, 0.1) is 12.2 Å². The van der Waals surface area contributed by atoms with Crippen molar-refractivity contribution < 1.29 is 9.53 Å². The van der Waals surface area contributed by atoms with Crippen molar-refractivity contribution in [1.82, 2.24) is 14.9 Å². The van der Waals surface area contributed by atoms with Crippen LogP contribution < -0.4 is 5.32 Å². The van der Waals surface area contributed by atoms with Crippen LogP contribution in [0.2, 0.25) is 0 Å². The number of hydrogen-bond acceptors (Lipinski definition) is 5. The SMILES string of the molecule is CNc1nc(C)nc2c1CCN(C(=O)OC(C)(C)C)C2. The number of nitrogens with one attached hydrogen (secondary N) is 1. The summed E-state index contributed by atoms with van der Waals surface area (Å²) in [6, 6.07) is 0. The van der Waals surface area contributed by atoms with Gasteiger partial charge >= 0.3 is 6.09 Å². The maximum Gasteiger partial charge on any atom is 0.410 e. The van der Waals surface area contributed by atoms with Gasteiger partial charge in [0.2, 0.25) is 0 Å². The molecule has 1 aliphatic rings. The number of fused-ring (bicyclic) bond motifs is 1. The van der Waals surface area contributed by atoms with E-state index in [-0.39, 0.29) is 6.09 Å². The lowest BCUT2D eigenvalue weighted by Crippen LogP contribution is -2.40. The minimum absolute atomic E-state index is 0.287. The Morgan fingerprint density at radius 2 is 2.05 bits per heavy atom. The van der Waals surface area contributed by atoms with Gasteiger partial charge in [-0.15, -0.1) is 0 Å². The molecule has 0 aromatic carbocycles. The van der Waals surface area contributed by atoms with E-state index in [0.717, 1.165) is 23.5 Å². The summed E-state index contributed by atoms with van der Waals surface area (Å²) in [7, 11) is 1.85. The molecule has 0 fully saturated rings. The Morgan fingerprint density at radius 1 is 1.35 bits per heavy atom. The van der Waals surface area contributed by atoms with Crippen molar-refractivity contribution in [2.75, 3.05) is 18.9 Å². The highest BCUT2D eigenvalue weighted by Gasteiger charge is 2.28. The van der Waals surface area contributed by atoms with E-state index in [4.69, 9.17) is 4.74 Å². The average Bonchev–Trinajstić information content (AvgIpc) is 2.34. The molecule has 1 amide bonds. The molecule has 6 heteroatoms. The first-order valence-corrected chi connectivity index (χ1v) is 6.82. The maximum atomic E-state index is 12.1. The molecule has 6 nitrogen and oxygen atoms in total. The van der Waals surface area contributed by atoms with Crippen LogP contribution in [-0.4, -0.2) is 40.2 Å². The van der Waals surface area contributed by atoms with Gasteiger partial charge in [0, 0.05) is 19.2 Å². The van der Waals surface area contributed by atoms with Gasteiger partial charge in [-0.05, 0) is 34.1 Å². The van der Waals surface area contributed by atoms with Crippen LogP contribution in [0.15, 0.2) is 0 Å². The van der Waals surface area contributed by atoms with Crippen LogP contribution in [0.3, 0.4) is 0 Å². The standard InChI is InChI=1S/C14H22N4O2/c1-9-16-11-8-18(13(19)20-14(2,3)4)7-6-10(11)12(15-5)17-9/h6-8H2,1-5H3,(H,15,16,17). The first-order chi connectivity index (χ1) is 9.30. The quantitative estimate of drug-likeness (QED) is 0.852. The zero-order valence-electron chi connectivity index (χ0n) is 12.8. The van der Waals surface area contributed by atoms with Gasteiger partial charge in [-0.3, -0.25) is 0 Å². The largest absolute Gasteiger partial charge is 0.444 e. The highest BCUT2D eigenvalue weighted by molar-refractivity contribution is 5.69. The lowest BCUT2D eigenvalue weighted by molar-refractivity contribution is 0.0220. The van der Waals surface area contributed by atoms with Gasteiger partial charge in [-0.2, -0.15) is 0 Å². The predicted octanol–water partition coefficient (Wildman–Crippen LogP) is 2.12. The number of amides is 1. The van der Waals surface area contributed by atoms with E-state index < -0.39 is 5.60 Å². The molecule has 1 N–H and O–H groups in total. The Hall–Kier alpha value is -1.85. The van der Waals surface area contributed by atoms with Crippen LogP contribution in [0.25, 0.3) is 0 Å². The van der Waals surface area contributed by atoms with Gasteiger partial charge in [0.1, 0.15) is 17.2 Å². The fraction of sp³-hybridized carbons (Fsp3) is 0.643. The summed E-state index contributed by atoms with van der Waals surface area (Å²) in [5, 5.41) is 3.09. The Bertz CT molecular complexity index is 523. The fourth-order valence-electron chi connectivity index (χ4n) is 2.24. The Kier molecular flexibility index (Phi) is 3.83. The molecule has 0 aliphatic carbocycles. The summed E-state index contributed by atoms with van der Waals surface area (Å²) >= 11 is 0. The molecule has 0 radical (unpaired) electrons. The molecule has 2 heterocycles. The van der Waals surface area contributed by atoms with E-state index in [1.807, 2.05) is 34.7 Å². The van der Waals surface area contributed by atoms with Crippen molar-refractivity contribution in [1.29, 1.82) is 0 Å². The van der Waals surface area contributed by atoms with Crippen LogP contribution in [0.5, 0.6) is 0 Å². The summed E-state index contributed by atoms with van der Waals surface area (Å²) < 4.78 is 5.41. The monoisotopic (exact) mass is 278 g/mol. The molecule has 0 atom stereocenters. The number of carbonyl (C=O) groups excluding carboxylic acids is 1. The Labute approximate surface area is 119 Å². The Balaban J connectivity index is 2.19. The molecule has 0 saturated carbocycles. The predicted molar refractivity (Wildman–Crippen MR) is 76.7 cm³/mol. The molecule has 20 heavy (non-hydrogen) atoms. The number of aryl methyl sites for hydroxylation is 1. The summed E-state index contributed by atoms with van der Waals surface area (Å²) in [5.41, 5.74) is 1.52. The van der Waals surface area contributed by atoms with E-state index in [2.05, 4.69) is 15.3 Å². The minimum atomic E-state index is -0.477. The number of carbonyl (C=O) groups is 1. The van der Waals surface area contributed by atoms with E-state index in [1.54, 1.807) is 4.90 Å². The fourth-order valence-corrected chi connectivity index (χ4v) is 2.24. The second kappa shape index (κ2) is 5.26. The van der Waals surface area contributed by atoms with Gasteiger partial charge in [-0.1, -0.05) is 0 Å². The summed E-state index contributed by atoms with van der Waals surface area (Å²) in [6.07, 6.45) is 0.454. The first kappa shape index (κ1) is 14.6. The number of aromatic nitrogens is 2. The number of anilines is 1. The van der Waals surface area contributed by atoms with Crippen molar-refractivity contribution >= 4 is 11.9 Å². The van der Waals surface area contributed by atoms with Crippen molar-refractivity contribution in [2.24, 2.45) is 0 Å². The van der Waals surface area contributed by atoms with Gasteiger partial charge in [-0.25, -0.2) is 14.8 Å². The van der Waals surface area contributed by atoms with Crippen LogP contribution in [0.1, 0.15) is 37.9 Å². The number of ether oxygens (including phenoxy) is 1. The van der Waals surface area contributed by atoms with E-state index in [0.29, 0.717) is 18.9 Å². The summed E-state index contributed by atoms with van der Waals surface area (Å²) in [6.45, 7) is 8.56. The van der Waals surface area contributed by atoms with E-state index >= 15 is 0 Å². The maximum absolute atomic E-state index is 12.1. The number of nitrogens with zero attached hydrogens (tertiary/aromatic N) is 3. The molecular formula is C14H22N4O2. The molecule has 0 spiro atoms. The number of rotatable bonds is 1. The third-order valence-electron chi connectivity index (χ3n) is 3.07. The van der Waals surface area contributed by atoms with E-state index in [1.165, 1.54) is 0 Å². The summed E-state index contributed by atoms with van der Waals surface area (Å²) in [4.78, 5) is 22.6. The van der Waals surface area contributed by atoms with Gasteiger partial charge < -0.3 is 15.0 Å². The molecule has 1 aromatic heterocycles. The molecule has 110 valence electrons. The van der Waals surface area contributed by atoms with Crippen LogP contribution >= 0.6 is 0 Å². The first-order valence-electron chi connectivity index (χ1n) is 6.82. The molecule has 0 unspecified atom stereocenters. The van der Waals surface area contributed by atoms with Crippen LogP contribution in [0.4, 0.5) is 10.6 Å². The highest BCUT2D eigenvalue weighted by atomic mass is 16.6. The molecular weight excluding hydrogens is 256 g/mol. The summed E-state index contributed by atoms with van der Waals surface area (Å²) in [5.74, 6) is 1.57. The second-order valence-electron chi connectivity index (χ2n) is 5.95. The van der Waals surface area contributed by atoms with Crippen molar-refractivity contribution in [3.05, 3.63) is 17.1 Å². The van der Waals surface area contributed by atoms with Crippen molar-refractivity contribution in [3.8, 4) is 0 Å². The second-order valence-corrected chi connectivity index (χ2v) is 5.95. The zero-order valence-corrected chi connectivity index (χ0v) is 12.8. The minimum Gasteiger partial charge on any atom is -0.444 e. The van der Waals surface area contributed by atoms with Crippen molar-refractivity contribution in [3.63, 3.8) is 0 Å². The third-order valence-corrected chi connectivity index (χ3v) is 3.07.